The van der Waals surface area contributed by atoms with Gasteiger partial charge in [0, 0.05) is 23.0 Å². The van der Waals surface area contributed by atoms with Gasteiger partial charge >= 0.3 is 0 Å². The molecule has 4 aromatic rings. The quantitative estimate of drug-likeness (QED) is 0.437. The van der Waals surface area contributed by atoms with Crippen molar-refractivity contribution in [1.29, 1.82) is 0 Å². The Morgan fingerprint density at radius 1 is 1.15 bits per heavy atom. The third-order valence-electron chi connectivity index (χ3n) is 6.33. The van der Waals surface area contributed by atoms with Gasteiger partial charge in [-0.2, -0.15) is 0 Å². The first kappa shape index (κ1) is 21.4. The number of hydrogen-bond donors (Lipinski definition) is 1. The van der Waals surface area contributed by atoms with Crippen molar-refractivity contribution in [2.45, 2.75) is 57.8 Å². The van der Waals surface area contributed by atoms with E-state index in [0.717, 1.165) is 41.1 Å². The summed E-state index contributed by atoms with van der Waals surface area (Å²) < 4.78 is 12.9. The number of furan rings is 1. The Labute approximate surface area is 191 Å². The summed E-state index contributed by atoms with van der Waals surface area (Å²) in [5, 5.41) is 13.5. The molecule has 0 bridgehead atoms. The monoisotopic (exact) mass is 448 g/mol. The van der Waals surface area contributed by atoms with Crippen molar-refractivity contribution < 1.29 is 9.15 Å². The lowest BCUT2D eigenvalue weighted by Gasteiger charge is -2.25. The molecule has 1 saturated carbocycles. The van der Waals surface area contributed by atoms with E-state index < -0.39 is 0 Å². The molecule has 9 heteroatoms. The van der Waals surface area contributed by atoms with Gasteiger partial charge in [-0.3, -0.25) is 9.69 Å². The summed E-state index contributed by atoms with van der Waals surface area (Å²) in [6.07, 6.45) is 7.54. The number of methoxy groups -OCH3 is 1. The van der Waals surface area contributed by atoms with Crippen LogP contribution in [0.25, 0.3) is 10.9 Å². The molecule has 1 aliphatic rings. The zero-order valence-corrected chi connectivity index (χ0v) is 18.7. The van der Waals surface area contributed by atoms with Crippen molar-refractivity contribution >= 4 is 10.9 Å². The van der Waals surface area contributed by atoms with Crippen LogP contribution in [0.4, 0.5) is 0 Å². The lowest BCUT2D eigenvalue weighted by molar-refractivity contribution is 0.209. The second kappa shape index (κ2) is 9.58. The number of rotatable bonds is 8. The summed E-state index contributed by atoms with van der Waals surface area (Å²) in [7, 11) is 1.63. The van der Waals surface area contributed by atoms with Gasteiger partial charge in [-0.25, -0.2) is 4.68 Å². The van der Waals surface area contributed by atoms with Crippen molar-refractivity contribution in [2.75, 3.05) is 7.11 Å². The van der Waals surface area contributed by atoms with Crippen LogP contribution in [0.1, 0.15) is 55.3 Å². The number of fused-ring (bicyclic) bond motifs is 1. The van der Waals surface area contributed by atoms with Gasteiger partial charge in [0.15, 0.2) is 5.82 Å². The van der Waals surface area contributed by atoms with Gasteiger partial charge in [-0.05, 0) is 59.7 Å². The second-order valence-electron chi connectivity index (χ2n) is 8.63. The molecule has 3 heterocycles. The van der Waals surface area contributed by atoms with E-state index in [2.05, 4.69) is 25.4 Å². The summed E-state index contributed by atoms with van der Waals surface area (Å²) in [6.45, 7) is 1.49. The van der Waals surface area contributed by atoms with Crippen LogP contribution >= 0.6 is 0 Å². The smallest absolute Gasteiger partial charge is 0.252 e. The second-order valence-corrected chi connectivity index (χ2v) is 8.63. The summed E-state index contributed by atoms with van der Waals surface area (Å²) in [5.41, 5.74) is 1.34. The van der Waals surface area contributed by atoms with E-state index in [1.807, 2.05) is 41.1 Å². The first-order chi connectivity index (χ1) is 16.2. The van der Waals surface area contributed by atoms with Gasteiger partial charge in [0.25, 0.3) is 5.56 Å². The minimum Gasteiger partial charge on any atom is -0.497 e. The molecule has 33 heavy (non-hydrogen) atoms. The zero-order valence-electron chi connectivity index (χ0n) is 18.7. The fourth-order valence-corrected chi connectivity index (χ4v) is 4.63. The van der Waals surface area contributed by atoms with Crippen LogP contribution in [0.2, 0.25) is 0 Å². The van der Waals surface area contributed by atoms with E-state index in [9.17, 15) is 4.79 Å². The molecule has 0 unspecified atom stereocenters. The molecule has 9 nitrogen and oxygen atoms in total. The van der Waals surface area contributed by atoms with Crippen LogP contribution in [0.15, 0.2) is 51.9 Å². The van der Waals surface area contributed by atoms with Gasteiger partial charge in [0.2, 0.25) is 0 Å². The van der Waals surface area contributed by atoms with E-state index in [1.165, 1.54) is 19.3 Å². The molecule has 172 valence electrons. The molecule has 0 atom stereocenters. The zero-order chi connectivity index (χ0) is 22.6. The van der Waals surface area contributed by atoms with Crippen molar-refractivity contribution in [2.24, 2.45) is 0 Å². The molecular weight excluding hydrogens is 420 g/mol. The number of pyridine rings is 1. The standard InChI is InChI=1S/C24H28N6O3/c1-32-20-9-10-22-17(13-20)12-18(24(31)25-22)14-29(15-21-8-5-11-33-21)16-23-26-27-28-30(23)19-6-3-2-4-7-19/h5,8-13,19H,2-4,6-7,14-16H2,1H3,(H,25,31). The maximum atomic E-state index is 12.9. The molecule has 1 N–H and O–H groups in total. The van der Waals surface area contributed by atoms with Crippen molar-refractivity contribution in [1.82, 2.24) is 30.1 Å². The third kappa shape index (κ3) is 4.83. The summed E-state index contributed by atoms with van der Waals surface area (Å²) >= 11 is 0. The first-order valence-electron chi connectivity index (χ1n) is 11.4. The van der Waals surface area contributed by atoms with Crippen molar-refractivity contribution in [3.63, 3.8) is 0 Å². The largest absolute Gasteiger partial charge is 0.497 e. The topological polar surface area (TPSA) is 102 Å². The molecule has 3 aromatic heterocycles. The number of hydrogen-bond acceptors (Lipinski definition) is 7. The number of ether oxygens (including phenoxy) is 1. The van der Waals surface area contributed by atoms with E-state index in [0.29, 0.717) is 31.2 Å². The molecule has 0 radical (unpaired) electrons. The number of H-pyrrole nitrogens is 1. The molecule has 0 amide bonds. The molecular formula is C24H28N6O3. The highest BCUT2D eigenvalue weighted by atomic mass is 16.5. The summed E-state index contributed by atoms with van der Waals surface area (Å²) in [6, 6.07) is 11.7. The van der Waals surface area contributed by atoms with Crippen LogP contribution in [0.3, 0.4) is 0 Å². The number of benzene rings is 1. The number of nitrogens with one attached hydrogen (secondary N) is 1. The van der Waals surface area contributed by atoms with E-state index in [4.69, 9.17) is 9.15 Å². The minimum absolute atomic E-state index is 0.107. The van der Waals surface area contributed by atoms with Crippen LogP contribution < -0.4 is 10.3 Å². The minimum atomic E-state index is -0.107. The predicted octanol–water partition coefficient (Wildman–Crippen LogP) is 3.82. The Kier molecular flexibility index (Phi) is 6.21. The third-order valence-corrected chi connectivity index (χ3v) is 6.33. The van der Waals surface area contributed by atoms with Crippen LogP contribution in [0, 0.1) is 0 Å². The molecule has 1 aliphatic carbocycles. The first-order valence-corrected chi connectivity index (χ1v) is 11.4. The lowest BCUT2D eigenvalue weighted by atomic mass is 9.95. The van der Waals surface area contributed by atoms with Crippen LogP contribution in [-0.4, -0.2) is 37.2 Å². The fraction of sp³-hybridized carbons (Fsp3) is 0.417. The highest BCUT2D eigenvalue weighted by molar-refractivity contribution is 5.80. The Morgan fingerprint density at radius 3 is 2.82 bits per heavy atom. The number of aromatic amines is 1. The Morgan fingerprint density at radius 2 is 2.03 bits per heavy atom. The highest BCUT2D eigenvalue weighted by Crippen LogP contribution is 2.28. The van der Waals surface area contributed by atoms with Crippen molar-refractivity contribution in [3.8, 4) is 5.75 Å². The van der Waals surface area contributed by atoms with E-state index in [-0.39, 0.29) is 5.56 Å². The van der Waals surface area contributed by atoms with Gasteiger partial charge in [0.1, 0.15) is 11.5 Å². The van der Waals surface area contributed by atoms with Crippen molar-refractivity contribution in [3.05, 3.63) is 70.2 Å². The molecule has 0 spiro atoms. The number of aromatic nitrogens is 5. The number of nitrogens with zero attached hydrogens (tertiary/aromatic N) is 5. The predicted molar refractivity (Wildman–Crippen MR) is 123 cm³/mol. The summed E-state index contributed by atoms with van der Waals surface area (Å²) in [5.74, 6) is 2.39. The van der Waals surface area contributed by atoms with E-state index >= 15 is 0 Å². The molecule has 0 aliphatic heterocycles. The van der Waals surface area contributed by atoms with Gasteiger partial charge in [-0.15, -0.1) is 5.10 Å². The normalized spacial score (nSPS) is 14.8. The highest BCUT2D eigenvalue weighted by Gasteiger charge is 2.22. The van der Waals surface area contributed by atoms with Gasteiger partial charge in [0.05, 0.1) is 32.5 Å². The Bertz CT molecular complexity index is 1260. The molecule has 1 fully saturated rings. The maximum Gasteiger partial charge on any atom is 0.252 e. The Balaban J connectivity index is 1.43. The average Bonchev–Trinajstić information content (AvgIpc) is 3.52. The van der Waals surface area contributed by atoms with E-state index in [1.54, 1.807) is 13.4 Å². The molecule has 5 rings (SSSR count). The van der Waals surface area contributed by atoms with Gasteiger partial charge in [-0.1, -0.05) is 19.3 Å². The molecule has 0 saturated heterocycles. The Hall–Kier alpha value is -3.46. The van der Waals surface area contributed by atoms with Gasteiger partial charge < -0.3 is 14.1 Å². The van der Waals surface area contributed by atoms with Crippen LogP contribution in [0.5, 0.6) is 5.75 Å². The van der Waals surface area contributed by atoms with Crippen LogP contribution in [-0.2, 0) is 19.6 Å². The molecule has 1 aromatic carbocycles. The SMILES string of the molecule is COc1ccc2[nH]c(=O)c(CN(Cc3ccco3)Cc3nnnn3C3CCCCC3)cc2c1. The fourth-order valence-electron chi connectivity index (χ4n) is 4.63. The summed E-state index contributed by atoms with van der Waals surface area (Å²) in [4.78, 5) is 18.0. The maximum absolute atomic E-state index is 12.9. The number of tetrazole rings is 1. The average molecular weight is 449 g/mol. The lowest BCUT2D eigenvalue weighted by Crippen LogP contribution is -2.28.